The summed E-state index contributed by atoms with van der Waals surface area (Å²) in [7, 11) is 1.46. The Morgan fingerprint density at radius 1 is 1.28 bits per heavy atom. The Balaban J connectivity index is 1.92. The number of carbonyl (C=O) groups is 2. The maximum Gasteiger partial charge on any atom is 0.573 e. The molecule has 0 aliphatic carbocycles. The predicted molar refractivity (Wildman–Crippen MR) is 80.0 cm³/mol. The molecule has 2 unspecified atom stereocenters. The Kier molecular flexibility index (Phi) is 5.89. The Labute approximate surface area is 142 Å². The van der Waals surface area contributed by atoms with E-state index in [1.54, 1.807) is 0 Å². The van der Waals surface area contributed by atoms with E-state index < -0.39 is 18.4 Å². The van der Waals surface area contributed by atoms with Crippen LogP contribution in [-0.4, -0.2) is 54.0 Å². The molecule has 2 rings (SSSR count). The number of carbonyl (C=O) groups excluding carboxylic acids is 1. The zero-order valence-corrected chi connectivity index (χ0v) is 13.5. The van der Waals surface area contributed by atoms with E-state index in [0.717, 1.165) is 0 Å². The number of rotatable bonds is 6. The molecular formula is C16H18F3NO5. The molecule has 9 heteroatoms. The van der Waals surface area contributed by atoms with Gasteiger partial charge in [0, 0.05) is 26.5 Å². The molecule has 2 atom stereocenters. The fourth-order valence-electron chi connectivity index (χ4n) is 2.73. The van der Waals surface area contributed by atoms with Crippen molar-refractivity contribution in [2.24, 2.45) is 0 Å². The Morgan fingerprint density at radius 2 is 1.92 bits per heavy atom. The van der Waals surface area contributed by atoms with Crippen molar-refractivity contribution in [1.82, 2.24) is 4.90 Å². The number of carboxylic acids is 1. The van der Waals surface area contributed by atoms with Crippen LogP contribution in [0.5, 0.6) is 5.75 Å². The molecule has 1 fully saturated rings. The van der Waals surface area contributed by atoms with Crippen molar-refractivity contribution in [2.45, 2.75) is 37.8 Å². The fraction of sp³-hybridized carbons (Fsp3) is 0.500. The van der Waals surface area contributed by atoms with E-state index in [9.17, 15) is 27.9 Å². The number of nitrogens with zero attached hydrogens (tertiary/aromatic N) is 1. The van der Waals surface area contributed by atoms with E-state index in [2.05, 4.69) is 4.74 Å². The van der Waals surface area contributed by atoms with Crippen molar-refractivity contribution < 1.29 is 37.3 Å². The van der Waals surface area contributed by atoms with Crippen LogP contribution in [0, 0.1) is 0 Å². The van der Waals surface area contributed by atoms with Gasteiger partial charge >= 0.3 is 12.3 Å². The summed E-state index contributed by atoms with van der Waals surface area (Å²) in [4.78, 5) is 24.8. The van der Waals surface area contributed by atoms with E-state index in [1.165, 1.54) is 36.3 Å². The zero-order chi connectivity index (χ0) is 18.6. The predicted octanol–water partition coefficient (Wildman–Crippen LogP) is 2.22. The first-order valence-electron chi connectivity index (χ1n) is 7.59. The molecule has 1 heterocycles. The molecule has 25 heavy (non-hydrogen) atoms. The lowest BCUT2D eigenvalue weighted by molar-refractivity contribution is -0.274. The topological polar surface area (TPSA) is 76.1 Å². The molecule has 1 saturated heterocycles. The lowest BCUT2D eigenvalue weighted by atomic mass is 10.1. The average molecular weight is 361 g/mol. The fourth-order valence-corrected chi connectivity index (χ4v) is 2.73. The number of amides is 1. The van der Waals surface area contributed by atoms with E-state index in [1.807, 2.05) is 0 Å². The molecule has 0 bridgehead atoms. The molecule has 1 amide bonds. The van der Waals surface area contributed by atoms with Crippen LogP contribution in [0.4, 0.5) is 13.2 Å². The lowest BCUT2D eigenvalue weighted by Gasteiger charge is -2.21. The van der Waals surface area contributed by atoms with Crippen LogP contribution in [0.2, 0.25) is 0 Å². The Bertz CT molecular complexity index is 617. The van der Waals surface area contributed by atoms with Crippen molar-refractivity contribution in [3.8, 4) is 5.75 Å². The quantitative estimate of drug-likeness (QED) is 0.841. The molecule has 1 N–H and O–H groups in total. The van der Waals surface area contributed by atoms with Crippen LogP contribution in [0.25, 0.3) is 0 Å². The Hall–Kier alpha value is -2.29. The number of aryl methyl sites for hydroxylation is 1. The maximum absolute atomic E-state index is 12.3. The lowest BCUT2D eigenvalue weighted by Crippen LogP contribution is -2.40. The second-order valence-electron chi connectivity index (χ2n) is 5.69. The van der Waals surface area contributed by atoms with Gasteiger partial charge < -0.3 is 19.5 Å². The van der Waals surface area contributed by atoms with Crippen LogP contribution >= 0.6 is 0 Å². The smallest absolute Gasteiger partial charge is 0.480 e. The van der Waals surface area contributed by atoms with Crippen molar-refractivity contribution in [1.29, 1.82) is 0 Å². The molecule has 1 aliphatic rings. The number of alkyl halides is 3. The van der Waals surface area contributed by atoms with Gasteiger partial charge in [0.1, 0.15) is 11.8 Å². The van der Waals surface area contributed by atoms with Crippen LogP contribution in [-0.2, 0) is 20.7 Å². The average Bonchev–Trinajstić information content (AvgIpc) is 2.97. The maximum atomic E-state index is 12.3. The number of ether oxygens (including phenoxy) is 2. The van der Waals surface area contributed by atoms with Gasteiger partial charge in [-0.05, 0) is 24.1 Å². The second-order valence-corrected chi connectivity index (χ2v) is 5.69. The largest absolute Gasteiger partial charge is 0.573 e. The molecule has 1 aromatic carbocycles. The van der Waals surface area contributed by atoms with Crippen LogP contribution in [0.3, 0.4) is 0 Å². The first kappa shape index (κ1) is 19.0. The van der Waals surface area contributed by atoms with Crippen LogP contribution in [0.15, 0.2) is 24.3 Å². The SMILES string of the molecule is COC1CC(C(=O)O)N(C(=O)CCc2ccc(OC(F)(F)F)cc2)C1. The van der Waals surface area contributed by atoms with Crippen molar-refractivity contribution in [3.63, 3.8) is 0 Å². The van der Waals surface area contributed by atoms with E-state index in [0.29, 0.717) is 5.56 Å². The molecular weight excluding hydrogens is 343 g/mol. The van der Waals surface area contributed by atoms with Crippen molar-refractivity contribution in [3.05, 3.63) is 29.8 Å². The summed E-state index contributed by atoms with van der Waals surface area (Å²) >= 11 is 0. The van der Waals surface area contributed by atoms with Gasteiger partial charge in [0.15, 0.2) is 0 Å². The first-order valence-corrected chi connectivity index (χ1v) is 7.59. The summed E-state index contributed by atoms with van der Waals surface area (Å²) in [6, 6.07) is 4.30. The van der Waals surface area contributed by atoms with Gasteiger partial charge in [-0.1, -0.05) is 12.1 Å². The summed E-state index contributed by atoms with van der Waals surface area (Å²) in [5.41, 5.74) is 0.650. The number of halogens is 3. The van der Waals surface area contributed by atoms with Gasteiger partial charge in [0.05, 0.1) is 6.10 Å². The second kappa shape index (κ2) is 7.73. The third-order valence-electron chi connectivity index (χ3n) is 3.99. The molecule has 0 saturated carbocycles. The van der Waals surface area contributed by atoms with Gasteiger partial charge in [0.2, 0.25) is 5.91 Å². The normalized spacial score (nSPS) is 20.6. The third-order valence-corrected chi connectivity index (χ3v) is 3.99. The van der Waals surface area contributed by atoms with E-state index in [4.69, 9.17) is 4.74 Å². The summed E-state index contributed by atoms with van der Waals surface area (Å²) in [5.74, 6) is -1.75. The monoisotopic (exact) mass is 361 g/mol. The molecule has 6 nitrogen and oxygen atoms in total. The van der Waals surface area contributed by atoms with Crippen LogP contribution in [0.1, 0.15) is 18.4 Å². The van der Waals surface area contributed by atoms with Crippen LogP contribution < -0.4 is 4.74 Å². The molecule has 0 aromatic heterocycles. The number of benzene rings is 1. The summed E-state index contributed by atoms with van der Waals surface area (Å²) in [5, 5.41) is 9.20. The number of likely N-dealkylation sites (tertiary alicyclic amines) is 1. The molecule has 1 aliphatic heterocycles. The molecule has 0 spiro atoms. The molecule has 138 valence electrons. The van der Waals surface area contributed by atoms with Gasteiger partial charge in [-0.15, -0.1) is 13.2 Å². The highest BCUT2D eigenvalue weighted by molar-refractivity contribution is 5.84. The standard InChI is InChI=1S/C16H18F3NO5/c1-24-12-8-13(15(22)23)20(9-12)14(21)7-4-10-2-5-11(6-3-10)25-16(17,18)19/h2-3,5-6,12-13H,4,7-9H2,1H3,(H,22,23). The van der Waals surface area contributed by atoms with E-state index in [-0.39, 0.29) is 43.6 Å². The number of aliphatic carboxylic acids is 1. The highest BCUT2D eigenvalue weighted by Crippen LogP contribution is 2.24. The first-order chi connectivity index (χ1) is 11.7. The number of hydrogen-bond acceptors (Lipinski definition) is 4. The minimum absolute atomic E-state index is 0.0552. The van der Waals surface area contributed by atoms with Gasteiger partial charge in [-0.25, -0.2) is 4.79 Å². The highest BCUT2D eigenvalue weighted by atomic mass is 19.4. The minimum atomic E-state index is -4.75. The minimum Gasteiger partial charge on any atom is -0.480 e. The zero-order valence-electron chi connectivity index (χ0n) is 13.5. The third kappa shape index (κ3) is 5.35. The van der Waals surface area contributed by atoms with Crippen molar-refractivity contribution in [2.75, 3.05) is 13.7 Å². The Morgan fingerprint density at radius 3 is 2.44 bits per heavy atom. The number of hydrogen-bond donors (Lipinski definition) is 1. The number of carboxylic acid groups (broad SMARTS) is 1. The van der Waals surface area contributed by atoms with E-state index >= 15 is 0 Å². The van der Waals surface area contributed by atoms with Gasteiger partial charge in [0.25, 0.3) is 0 Å². The summed E-state index contributed by atoms with van der Waals surface area (Å²) in [6.45, 7) is 0.213. The highest BCUT2D eigenvalue weighted by Gasteiger charge is 2.39. The van der Waals surface area contributed by atoms with Gasteiger partial charge in [-0.2, -0.15) is 0 Å². The van der Waals surface area contributed by atoms with Gasteiger partial charge in [-0.3, -0.25) is 4.79 Å². The molecule has 0 radical (unpaired) electrons. The van der Waals surface area contributed by atoms with Crippen molar-refractivity contribution >= 4 is 11.9 Å². The number of methoxy groups -OCH3 is 1. The summed E-state index contributed by atoms with van der Waals surface area (Å²) in [6.07, 6.45) is -4.49. The summed E-state index contributed by atoms with van der Waals surface area (Å²) < 4.78 is 45.2. The molecule has 1 aromatic rings.